The van der Waals surface area contributed by atoms with Crippen LogP contribution in [0.5, 0.6) is 0 Å². The zero-order valence-electron chi connectivity index (χ0n) is 15.6. The minimum atomic E-state index is -0.611. The number of fused-ring (bicyclic) bond motifs is 4. The van der Waals surface area contributed by atoms with E-state index in [4.69, 9.17) is 4.74 Å². The molecule has 3 aromatic carbocycles. The Bertz CT molecular complexity index is 1110. The normalized spacial score (nSPS) is 32.0. The second kappa shape index (κ2) is 5.56. The lowest BCUT2D eigenvalue weighted by Gasteiger charge is -2.49. The standard InChI is InChI=1S/C26H21NO/c27-16-25-22-12-6-4-10-20(22)21-11-5-7-13-23(21)26(25)17-28-15-19(26)14-24(25)18-8-2-1-3-9-18/h1-13,19,24H,14-15,17H2/t19-,24?,25+,26+/m1/s1. The first-order valence-corrected chi connectivity index (χ1v) is 10.1. The predicted octanol–water partition coefficient (Wildman–Crippen LogP) is 5.20. The monoisotopic (exact) mass is 363 g/mol. The van der Waals surface area contributed by atoms with Gasteiger partial charge in [0.25, 0.3) is 0 Å². The predicted molar refractivity (Wildman–Crippen MR) is 109 cm³/mol. The summed E-state index contributed by atoms with van der Waals surface area (Å²) in [5.41, 5.74) is 5.33. The maximum absolute atomic E-state index is 10.9. The van der Waals surface area contributed by atoms with Gasteiger partial charge in [-0.15, -0.1) is 0 Å². The van der Waals surface area contributed by atoms with Gasteiger partial charge in [0.2, 0.25) is 0 Å². The number of benzene rings is 3. The van der Waals surface area contributed by atoms with Crippen molar-refractivity contribution in [2.24, 2.45) is 5.92 Å². The Hall–Kier alpha value is -2.89. The summed E-state index contributed by atoms with van der Waals surface area (Å²) in [4.78, 5) is 0. The Labute approximate surface area is 165 Å². The molecule has 3 aliphatic rings. The molecule has 1 spiro atoms. The molecule has 0 radical (unpaired) electrons. The van der Waals surface area contributed by atoms with Gasteiger partial charge in [0.1, 0.15) is 5.41 Å². The largest absolute Gasteiger partial charge is 0.380 e. The molecule has 1 aliphatic heterocycles. The maximum atomic E-state index is 10.9. The van der Waals surface area contributed by atoms with Crippen molar-refractivity contribution in [2.75, 3.05) is 13.2 Å². The van der Waals surface area contributed by atoms with Crippen molar-refractivity contribution in [3.63, 3.8) is 0 Å². The molecule has 1 saturated heterocycles. The lowest BCUT2D eigenvalue weighted by molar-refractivity contribution is 0.147. The number of ether oxygens (including phenoxy) is 1. The first kappa shape index (κ1) is 16.1. The average Bonchev–Trinajstić information content (AvgIpc) is 3.30. The molecule has 6 rings (SSSR count). The average molecular weight is 363 g/mol. The highest BCUT2D eigenvalue weighted by Crippen LogP contribution is 2.70. The van der Waals surface area contributed by atoms with E-state index in [-0.39, 0.29) is 11.3 Å². The van der Waals surface area contributed by atoms with Crippen LogP contribution < -0.4 is 0 Å². The van der Waals surface area contributed by atoms with Crippen molar-refractivity contribution in [3.8, 4) is 17.2 Å². The smallest absolute Gasteiger partial charge is 0.102 e. The van der Waals surface area contributed by atoms with Gasteiger partial charge in [-0.1, -0.05) is 78.9 Å². The van der Waals surface area contributed by atoms with Crippen molar-refractivity contribution < 1.29 is 4.74 Å². The summed E-state index contributed by atoms with van der Waals surface area (Å²) in [6.07, 6.45) is 0.986. The van der Waals surface area contributed by atoms with Crippen LogP contribution in [0.4, 0.5) is 0 Å². The molecule has 2 fully saturated rings. The molecule has 0 amide bonds. The molecule has 4 atom stereocenters. The maximum Gasteiger partial charge on any atom is 0.102 e. The fraction of sp³-hybridized carbons (Fsp3) is 0.269. The van der Waals surface area contributed by atoms with E-state index in [0.717, 1.165) is 13.0 Å². The van der Waals surface area contributed by atoms with Gasteiger partial charge in [0, 0.05) is 11.3 Å². The highest BCUT2D eigenvalue weighted by molar-refractivity contribution is 5.81. The van der Waals surface area contributed by atoms with Gasteiger partial charge < -0.3 is 4.74 Å². The summed E-state index contributed by atoms with van der Waals surface area (Å²) < 4.78 is 6.10. The molecule has 1 unspecified atom stereocenters. The minimum Gasteiger partial charge on any atom is -0.380 e. The van der Waals surface area contributed by atoms with Crippen molar-refractivity contribution >= 4 is 0 Å². The Kier molecular flexibility index (Phi) is 3.20. The molecule has 0 bridgehead atoms. The van der Waals surface area contributed by atoms with Crippen LogP contribution in [0.15, 0.2) is 78.9 Å². The van der Waals surface area contributed by atoms with E-state index >= 15 is 0 Å². The van der Waals surface area contributed by atoms with Crippen LogP contribution in [-0.2, 0) is 15.6 Å². The van der Waals surface area contributed by atoms with E-state index in [9.17, 15) is 5.26 Å². The Morgan fingerprint density at radius 1 is 0.821 bits per heavy atom. The zero-order valence-corrected chi connectivity index (χ0v) is 15.6. The minimum absolute atomic E-state index is 0.169. The molecule has 2 aliphatic carbocycles. The van der Waals surface area contributed by atoms with Gasteiger partial charge >= 0.3 is 0 Å². The quantitative estimate of drug-likeness (QED) is 0.595. The molecule has 1 saturated carbocycles. The van der Waals surface area contributed by atoms with Crippen molar-refractivity contribution in [3.05, 3.63) is 95.6 Å². The molecule has 1 heterocycles. The van der Waals surface area contributed by atoms with Crippen LogP contribution in [-0.4, -0.2) is 13.2 Å². The number of hydrogen-bond donors (Lipinski definition) is 0. The molecule has 136 valence electrons. The summed E-state index contributed by atoms with van der Waals surface area (Å²) in [5.74, 6) is 0.522. The number of nitriles is 1. The van der Waals surface area contributed by atoms with Crippen LogP contribution in [0.25, 0.3) is 11.1 Å². The molecule has 2 nitrogen and oxygen atoms in total. The molecule has 28 heavy (non-hydrogen) atoms. The second-order valence-corrected chi connectivity index (χ2v) is 8.39. The van der Waals surface area contributed by atoms with E-state index in [1.165, 1.54) is 27.8 Å². The van der Waals surface area contributed by atoms with Gasteiger partial charge in [-0.25, -0.2) is 0 Å². The fourth-order valence-corrected chi connectivity index (χ4v) is 6.52. The van der Waals surface area contributed by atoms with Gasteiger partial charge in [-0.2, -0.15) is 5.26 Å². The summed E-state index contributed by atoms with van der Waals surface area (Å²) in [6, 6.07) is 30.8. The van der Waals surface area contributed by atoms with Crippen molar-refractivity contribution in [1.82, 2.24) is 0 Å². The molecule has 0 aromatic heterocycles. The van der Waals surface area contributed by atoms with Crippen molar-refractivity contribution in [1.29, 1.82) is 5.26 Å². The topological polar surface area (TPSA) is 33.0 Å². The Balaban J connectivity index is 1.75. The molecule has 0 N–H and O–H groups in total. The third-order valence-electron chi connectivity index (χ3n) is 7.52. The summed E-state index contributed by atoms with van der Waals surface area (Å²) >= 11 is 0. The Morgan fingerprint density at radius 2 is 1.46 bits per heavy atom. The second-order valence-electron chi connectivity index (χ2n) is 8.39. The SMILES string of the molecule is N#C[C@@]12c3ccccc3-c3ccccc3[C@@]13COC[C@H]3CC2c1ccccc1. The molecule has 2 heteroatoms. The van der Waals surface area contributed by atoms with E-state index in [1.54, 1.807) is 0 Å². The Morgan fingerprint density at radius 3 is 2.21 bits per heavy atom. The van der Waals surface area contributed by atoms with Crippen LogP contribution in [0.3, 0.4) is 0 Å². The number of rotatable bonds is 1. The van der Waals surface area contributed by atoms with E-state index < -0.39 is 5.41 Å². The first-order valence-electron chi connectivity index (χ1n) is 10.1. The van der Waals surface area contributed by atoms with Crippen LogP contribution >= 0.6 is 0 Å². The lowest BCUT2D eigenvalue weighted by atomic mass is 9.50. The van der Waals surface area contributed by atoms with Gasteiger partial charge in [0.15, 0.2) is 0 Å². The van der Waals surface area contributed by atoms with Gasteiger partial charge in [-0.3, -0.25) is 0 Å². The van der Waals surface area contributed by atoms with E-state index in [0.29, 0.717) is 12.5 Å². The lowest BCUT2D eigenvalue weighted by Crippen LogP contribution is -2.52. The van der Waals surface area contributed by atoms with Crippen LogP contribution in [0.2, 0.25) is 0 Å². The third-order valence-corrected chi connectivity index (χ3v) is 7.52. The highest BCUT2D eigenvalue weighted by Gasteiger charge is 2.71. The summed E-state index contributed by atoms with van der Waals surface area (Å²) in [7, 11) is 0. The molecular formula is C26H21NO. The van der Waals surface area contributed by atoms with Crippen LogP contribution in [0.1, 0.15) is 29.0 Å². The fourth-order valence-electron chi connectivity index (χ4n) is 6.52. The number of hydrogen-bond acceptors (Lipinski definition) is 2. The first-order chi connectivity index (χ1) is 13.8. The van der Waals surface area contributed by atoms with Gasteiger partial charge in [-0.05, 0) is 40.2 Å². The number of nitrogens with zero attached hydrogens (tertiary/aromatic N) is 1. The molecule has 3 aromatic rings. The third kappa shape index (κ3) is 1.68. The van der Waals surface area contributed by atoms with E-state index in [1.807, 2.05) is 0 Å². The van der Waals surface area contributed by atoms with Crippen molar-refractivity contribution in [2.45, 2.75) is 23.2 Å². The van der Waals surface area contributed by atoms with Gasteiger partial charge in [0.05, 0.1) is 19.3 Å². The summed E-state index contributed by atoms with van der Waals surface area (Å²) in [6.45, 7) is 1.36. The summed E-state index contributed by atoms with van der Waals surface area (Å²) in [5, 5.41) is 10.9. The highest BCUT2D eigenvalue weighted by atomic mass is 16.5. The van der Waals surface area contributed by atoms with Crippen LogP contribution in [0, 0.1) is 17.2 Å². The zero-order chi connectivity index (χ0) is 18.8. The molecular weight excluding hydrogens is 342 g/mol. The van der Waals surface area contributed by atoms with E-state index in [2.05, 4.69) is 84.9 Å².